The Balaban J connectivity index is 0.00000400. The van der Waals surface area contributed by atoms with Crippen molar-refractivity contribution in [3.05, 3.63) is 30.1 Å². The van der Waals surface area contributed by atoms with E-state index in [0.717, 1.165) is 5.56 Å². The summed E-state index contributed by atoms with van der Waals surface area (Å²) in [5, 5.41) is 11.7. The van der Waals surface area contributed by atoms with Crippen molar-refractivity contribution in [3.8, 4) is 0 Å². The number of amides is 1. The van der Waals surface area contributed by atoms with Crippen LogP contribution in [0.4, 0.5) is 0 Å². The number of hydrogen-bond acceptors (Lipinski definition) is 2. The molecule has 0 aromatic carbocycles. The molecular weight excluding hydrogens is 336 g/mol. The molecule has 0 aliphatic heterocycles. The van der Waals surface area contributed by atoms with E-state index >= 15 is 0 Å². The Hall–Kier alpha value is -1.43. The van der Waals surface area contributed by atoms with Crippen molar-refractivity contribution < 1.29 is 36.2 Å². The molecule has 0 bridgehead atoms. The van der Waals surface area contributed by atoms with Gasteiger partial charge < -0.3 is 27.4 Å². The fourth-order valence-corrected chi connectivity index (χ4v) is 1.84. The Kier molecular flexibility index (Phi) is 8.85. The van der Waals surface area contributed by atoms with Crippen molar-refractivity contribution in [2.24, 2.45) is 5.92 Å². The molecule has 6 heteroatoms. The molecule has 0 aliphatic rings. The van der Waals surface area contributed by atoms with E-state index in [1.165, 1.54) is 0 Å². The van der Waals surface area contributed by atoms with E-state index in [4.69, 9.17) is 5.11 Å². The molecule has 1 amide bonds. The van der Waals surface area contributed by atoms with E-state index in [1.807, 2.05) is 49.9 Å². The molecule has 1 aromatic heterocycles. The van der Waals surface area contributed by atoms with Gasteiger partial charge >= 0.3 is 5.97 Å². The zero-order chi connectivity index (χ0) is 15.1. The van der Waals surface area contributed by atoms with Crippen LogP contribution < -0.4 is 26.9 Å². The van der Waals surface area contributed by atoms with Crippen LogP contribution in [0.15, 0.2) is 24.5 Å². The van der Waals surface area contributed by atoms with Crippen LogP contribution in [0.2, 0.25) is 0 Å². The molecule has 1 aromatic rings. The van der Waals surface area contributed by atoms with Gasteiger partial charge in [-0.1, -0.05) is 20.3 Å². The largest absolute Gasteiger partial charge is 1.00 e. The highest BCUT2D eigenvalue weighted by atomic mass is 79.9. The molecule has 5 nitrogen and oxygen atoms in total. The number of aromatic nitrogens is 1. The summed E-state index contributed by atoms with van der Waals surface area (Å²) in [6.45, 7) is 6.28. The number of halogens is 1. The van der Waals surface area contributed by atoms with Crippen molar-refractivity contribution in [2.45, 2.75) is 46.2 Å². The Bertz CT molecular complexity index is 462. The number of aryl methyl sites for hydroxylation is 2. The minimum atomic E-state index is -0.976. The second-order valence-electron chi connectivity index (χ2n) is 5.13. The number of hydrogen-bond donors (Lipinski definition) is 2. The van der Waals surface area contributed by atoms with Crippen LogP contribution in [-0.4, -0.2) is 23.0 Å². The third-order valence-electron chi connectivity index (χ3n) is 3.45. The number of pyridine rings is 1. The molecule has 2 unspecified atom stereocenters. The number of carbonyl (C=O) groups is 2. The SMILES string of the molecule is CCC(C)C(NC(=O)CC[n+]1ccc(C)cc1)C(=O)O.[Br-]. The molecule has 0 saturated heterocycles. The van der Waals surface area contributed by atoms with Crippen LogP contribution in [0.1, 0.15) is 32.3 Å². The molecular formula is C15H23BrN2O3. The Morgan fingerprint density at radius 1 is 1.33 bits per heavy atom. The minimum absolute atomic E-state index is 0. The van der Waals surface area contributed by atoms with Crippen LogP contribution >= 0.6 is 0 Å². The normalized spacial score (nSPS) is 12.9. The van der Waals surface area contributed by atoms with Gasteiger partial charge in [0.15, 0.2) is 18.9 Å². The lowest BCUT2D eigenvalue weighted by atomic mass is 9.99. The van der Waals surface area contributed by atoms with E-state index in [9.17, 15) is 9.59 Å². The van der Waals surface area contributed by atoms with Gasteiger partial charge in [0.1, 0.15) is 6.04 Å². The number of aliphatic carboxylic acids is 1. The monoisotopic (exact) mass is 358 g/mol. The number of nitrogens with zero attached hydrogens (tertiary/aromatic N) is 1. The Morgan fingerprint density at radius 3 is 2.38 bits per heavy atom. The standard InChI is InChI=1S/C15H22N2O3.BrH/c1-4-12(3)14(15(19)20)16-13(18)7-10-17-8-5-11(2)6-9-17;/h5-6,8-9,12,14H,4,7,10H2,1-3H3,(H-,16,18,19,20);1H. The smallest absolute Gasteiger partial charge is 0.326 e. The van der Waals surface area contributed by atoms with Gasteiger partial charge in [0, 0.05) is 12.1 Å². The van der Waals surface area contributed by atoms with Gasteiger partial charge in [0.05, 0.1) is 6.42 Å². The third-order valence-corrected chi connectivity index (χ3v) is 3.45. The van der Waals surface area contributed by atoms with Crippen molar-refractivity contribution in [1.82, 2.24) is 5.32 Å². The van der Waals surface area contributed by atoms with E-state index in [0.29, 0.717) is 13.0 Å². The first-order valence-electron chi connectivity index (χ1n) is 6.92. The molecule has 0 spiro atoms. The van der Waals surface area contributed by atoms with Crippen LogP contribution in [0, 0.1) is 12.8 Å². The second-order valence-corrected chi connectivity index (χ2v) is 5.13. The van der Waals surface area contributed by atoms with Crippen molar-refractivity contribution in [3.63, 3.8) is 0 Å². The number of rotatable bonds is 7. The Morgan fingerprint density at radius 2 is 1.90 bits per heavy atom. The molecule has 1 rings (SSSR count). The first-order chi connectivity index (χ1) is 9.43. The fraction of sp³-hybridized carbons (Fsp3) is 0.533. The van der Waals surface area contributed by atoms with E-state index in [2.05, 4.69) is 5.32 Å². The highest BCUT2D eigenvalue weighted by Crippen LogP contribution is 2.08. The maximum absolute atomic E-state index is 11.8. The average Bonchev–Trinajstić information content (AvgIpc) is 2.43. The predicted molar refractivity (Wildman–Crippen MR) is 75.0 cm³/mol. The van der Waals surface area contributed by atoms with Gasteiger partial charge in [0.2, 0.25) is 5.91 Å². The maximum Gasteiger partial charge on any atom is 0.326 e. The lowest BCUT2D eigenvalue weighted by molar-refractivity contribution is -0.695. The van der Waals surface area contributed by atoms with Crippen LogP contribution in [0.25, 0.3) is 0 Å². The second kappa shape index (κ2) is 9.50. The van der Waals surface area contributed by atoms with E-state index in [-0.39, 0.29) is 35.2 Å². The first kappa shape index (κ1) is 19.6. The molecule has 118 valence electrons. The zero-order valence-corrected chi connectivity index (χ0v) is 14.3. The quantitative estimate of drug-likeness (QED) is 0.570. The van der Waals surface area contributed by atoms with Gasteiger partial charge in [-0.25, -0.2) is 9.36 Å². The summed E-state index contributed by atoms with van der Waals surface area (Å²) in [5.41, 5.74) is 1.16. The molecule has 0 radical (unpaired) electrons. The summed E-state index contributed by atoms with van der Waals surface area (Å²) in [6.07, 6.45) is 4.80. The minimum Gasteiger partial charge on any atom is -1.00 e. The predicted octanol–water partition coefficient (Wildman–Crippen LogP) is -1.71. The fourth-order valence-electron chi connectivity index (χ4n) is 1.84. The first-order valence-corrected chi connectivity index (χ1v) is 6.92. The molecule has 2 N–H and O–H groups in total. The summed E-state index contributed by atoms with van der Waals surface area (Å²) < 4.78 is 1.91. The number of carboxylic acid groups (broad SMARTS) is 1. The lowest BCUT2D eigenvalue weighted by Crippen LogP contribution is -3.00. The summed E-state index contributed by atoms with van der Waals surface area (Å²) in [5.74, 6) is -1.29. The molecule has 21 heavy (non-hydrogen) atoms. The highest BCUT2D eigenvalue weighted by molar-refractivity contribution is 5.83. The molecule has 0 aliphatic carbocycles. The van der Waals surface area contributed by atoms with Crippen molar-refractivity contribution in [1.29, 1.82) is 0 Å². The number of carboxylic acids is 1. The van der Waals surface area contributed by atoms with Crippen LogP contribution in [0.5, 0.6) is 0 Å². The highest BCUT2D eigenvalue weighted by Gasteiger charge is 2.25. The molecule has 2 atom stereocenters. The average molecular weight is 359 g/mol. The summed E-state index contributed by atoms with van der Waals surface area (Å²) in [4.78, 5) is 23.0. The topological polar surface area (TPSA) is 70.3 Å². The molecule has 0 saturated carbocycles. The summed E-state index contributed by atoms with van der Waals surface area (Å²) in [6, 6.07) is 3.13. The van der Waals surface area contributed by atoms with E-state index in [1.54, 1.807) is 0 Å². The Labute approximate surface area is 136 Å². The molecule has 1 heterocycles. The van der Waals surface area contributed by atoms with Gasteiger partial charge in [0.25, 0.3) is 0 Å². The molecule has 0 fully saturated rings. The lowest BCUT2D eigenvalue weighted by Gasteiger charge is -2.19. The van der Waals surface area contributed by atoms with Crippen molar-refractivity contribution in [2.75, 3.05) is 0 Å². The zero-order valence-electron chi connectivity index (χ0n) is 12.7. The number of carbonyl (C=O) groups excluding carboxylic acids is 1. The van der Waals surface area contributed by atoms with Crippen LogP contribution in [0.3, 0.4) is 0 Å². The van der Waals surface area contributed by atoms with E-state index < -0.39 is 12.0 Å². The van der Waals surface area contributed by atoms with Gasteiger partial charge in [-0.3, -0.25) is 4.79 Å². The van der Waals surface area contributed by atoms with Gasteiger partial charge in [-0.15, -0.1) is 0 Å². The summed E-state index contributed by atoms with van der Waals surface area (Å²) >= 11 is 0. The summed E-state index contributed by atoms with van der Waals surface area (Å²) in [7, 11) is 0. The van der Waals surface area contributed by atoms with Gasteiger partial charge in [-0.2, -0.15) is 0 Å². The van der Waals surface area contributed by atoms with Gasteiger partial charge in [-0.05, 0) is 18.4 Å². The maximum atomic E-state index is 11.8. The third kappa shape index (κ3) is 6.71. The number of nitrogens with one attached hydrogen (secondary N) is 1. The van der Waals surface area contributed by atoms with Crippen molar-refractivity contribution >= 4 is 11.9 Å². The van der Waals surface area contributed by atoms with Crippen LogP contribution in [-0.2, 0) is 16.1 Å².